The summed E-state index contributed by atoms with van der Waals surface area (Å²) in [5, 5.41) is 0. The van der Waals surface area contributed by atoms with Crippen molar-refractivity contribution in [2.24, 2.45) is 0 Å². The summed E-state index contributed by atoms with van der Waals surface area (Å²) in [5.41, 5.74) is 0. The van der Waals surface area contributed by atoms with Crippen LogP contribution in [-0.4, -0.2) is 29.1 Å². The van der Waals surface area contributed by atoms with Crippen LogP contribution in [0.4, 0.5) is 0 Å². The summed E-state index contributed by atoms with van der Waals surface area (Å²) in [4.78, 5) is 5.47. The molecule has 0 amide bonds. The zero-order valence-electron chi connectivity index (χ0n) is 34.6. The second-order valence-electron chi connectivity index (χ2n) is 16.4. The molecule has 0 aliphatic carbocycles. The first-order chi connectivity index (χ1) is 24.3. The highest BCUT2D eigenvalue weighted by molar-refractivity contribution is 4.97. The average Bonchev–Trinajstić information content (AvgIpc) is 3.50. The number of nitrogens with zero attached hydrogens (tertiary/aromatic N) is 2. The second kappa shape index (κ2) is 38.6. The molecule has 1 unspecified atom stereocenters. The van der Waals surface area contributed by atoms with Crippen molar-refractivity contribution in [1.82, 2.24) is 9.80 Å². The summed E-state index contributed by atoms with van der Waals surface area (Å²) in [7, 11) is 0. The molecule has 2 nitrogen and oxygen atoms in total. The summed E-state index contributed by atoms with van der Waals surface area (Å²) in [5.74, 6) is 0. The van der Waals surface area contributed by atoms with Crippen LogP contribution < -0.4 is 0 Å². The Morgan fingerprint density at radius 1 is 0.265 bits per heavy atom. The number of hydrogen-bond donors (Lipinski definition) is 0. The van der Waals surface area contributed by atoms with E-state index in [2.05, 4.69) is 43.0 Å². The fraction of sp³-hybridized carbons (Fsp3) is 0.957. The first-order valence-corrected chi connectivity index (χ1v) is 23.5. The minimum atomic E-state index is 0.637. The van der Waals surface area contributed by atoms with Crippen molar-refractivity contribution in [3.63, 3.8) is 0 Å². The third-order valence-electron chi connectivity index (χ3n) is 11.6. The van der Waals surface area contributed by atoms with E-state index in [4.69, 9.17) is 0 Å². The van der Waals surface area contributed by atoms with Gasteiger partial charge >= 0.3 is 0 Å². The maximum atomic E-state index is 2.74. The largest absolute Gasteiger partial charge is 0.356 e. The van der Waals surface area contributed by atoms with Gasteiger partial charge in [-0.05, 0) is 25.7 Å². The minimum absolute atomic E-state index is 0.637. The smallest absolute Gasteiger partial charge is 0.101 e. The van der Waals surface area contributed by atoms with E-state index >= 15 is 0 Å². The fourth-order valence-corrected chi connectivity index (χ4v) is 8.13. The van der Waals surface area contributed by atoms with Crippen LogP contribution in [-0.2, 0) is 0 Å². The standard InChI is InChI=1S/C47H94N2/c1-4-7-10-13-16-19-22-24-25-26-29-32-35-38-41-44-49-46-45-48(43-40-37-34-31-28-23-20-17-14-11-8-5-2)47(49)42-39-36-33-30-27-21-18-15-12-9-6-3/h45-47H,4-44H2,1-3H3. The molecule has 0 fully saturated rings. The molecule has 1 aliphatic heterocycles. The highest BCUT2D eigenvalue weighted by Crippen LogP contribution is 2.24. The van der Waals surface area contributed by atoms with E-state index in [9.17, 15) is 0 Å². The molecule has 0 aromatic rings. The van der Waals surface area contributed by atoms with Gasteiger partial charge in [-0.25, -0.2) is 0 Å². The Balaban J connectivity index is 2.20. The lowest BCUT2D eigenvalue weighted by Crippen LogP contribution is -2.39. The van der Waals surface area contributed by atoms with Crippen LogP contribution in [0.1, 0.15) is 271 Å². The first kappa shape index (κ1) is 46.4. The maximum absolute atomic E-state index is 2.74. The third-order valence-corrected chi connectivity index (χ3v) is 11.6. The van der Waals surface area contributed by atoms with Gasteiger partial charge in [-0.1, -0.05) is 245 Å². The minimum Gasteiger partial charge on any atom is -0.356 e. The Labute approximate surface area is 311 Å². The molecule has 0 aromatic heterocycles. The molecule has 1 atom stereocenters. The van der Waals surface area contributed by atoms with E-state index in [1.165, 1.54) is 264 Å². The average molecular weight is 687 g/mol. The molecular weight excluding hydrogens is 593 g/mol. The molecule has 49 heavy (non-hydrogen) atoms. The predicted molar refractivity (Wildman–Crippen MR) is 223 cm³/mol. The highest BCUT2D eigenvalue weighted by Gasteiger charge is 2.24. The Bertz CT molecular complexity index is 644. The molecule has 0 bridgehead atoms. The van der Waals surface area contributed by atoms with E-state index in [0.29, 0.717) is 6.17 Å². The number of unbranched alkanes of at least 4 members (excludes halogenated alkanes) is 35. The van der Waals surface area contributed by atoms with E-state index < -0.39 is 0 Å². The quantitative estimate of drug-likeness (QED) is 0.0591. The van der Waals surface area contributed by atoms with E-state index in [1.807, 2.05) is 0 Å². The van der Waals surface area contributed by atoms with Crippen molar-refractivity contribution >= 4 is 0 Å². The van der Waals surface area contributed by atoms with Gasteiger partial charge in [0.15, 0.2) is 0 Å². The third kappa shape index (κ3) is 30.7. The summed E-state index contributed by atoms with van der Waals surface area (Å²) in [6, 6.07) is 0. The lowest BCUT2D eigenvalue weighted by molar-refractivity contribution is 0.135. The summed E-state index contributed by atoms with van der Waals surface area (Å²) < 4.78 is 0. The number of hydrogen-bond acceptors (Lipinski definition) is 2. The Morgan fingerprint density at radius 3 is 0.714 bits per heavy atom. The monoisotopic (exact) mass is 687 g/mol. The molecular formula is C47H94N2. The molecule has 0 saturated heterocycles. The van der Waals surface area contributed by atoms with Crippen molar-refractivity contribution in [3.8, 4) is 0 Å². The van der Waals surface area contributed by atoms with Gasteiger partial charge in [-0.15, -0.1) is 0 Å². The second-order valence-corrected chi connectivity index (χ2v) is 16.4. The van der Waals surface area contributed by atoms with Crippen molar-refractivity contribution in [1.29, 1.82) is 0 Å². The fourth-order valence-electron chi connectivity index (χ4n) is 8.13. The zero-order valence-corrected chi connectivity index (χ0v) is 34.6. The molecule has 0 spiro atoms. The van der Waals surface area contributed by atoms with E-state index in [0.717, 1.165) is 0 Å². The first-order valence-electron chi connectivity index (χ1n) is 23.5. The van der Waals surface area contributed by atoms with Crippen molar-refractivity contribution < 1.29 is 0 Å². The lowest BCUT2D eigenvalue weighted by Gasteiger charge is -2.33. The Morgan fingerprint density at radius 2 is 0.469 bits per heavy atom. The van der Waals surface area contributed by atoms with Crippen molar-refractivity contribution in [2.75, 3.05) is 13.1 Å². The summed E-state index contributed by atoms with van der Waals surface area (Å²) in [6.45, 7) is 9.49. The van der Waals surface area contributed by atoms with Crippen LogP contribution in [0.15, 0.2) is 12.4 Å². The van der Waals surface area contributed by atoms with Gasteiger partial charge in [0.1, 0.15) is 6.17 Å². The molecule has 0 aromatic carbocycles. The molecule has 1 aliphatic rings. The molecule has 1 rings (SSSR count). The molecule has 0 saturated carbocycles. The molecule has 1 heterocycles. The van der Waals surface area contributed by atoms with Gasteiger partial charge < -0.3 is 9.80 Å². The van der Waals surface area contributed by atoms with Crippen LogP contribution >= 0.6 is 0 Å². The van der Waals surface area contributed by atoms with Crippen LogP contribution in [0.25, 0.3) is 0 Å². The molecule has 0 radical (unpaired) electrons. The van der Waals surface area contributed by atoms with Gasteiger partial charge in [0.25, 0.3) is 0 Å². The SMILES string of the molecule is CCCCCCCCCCCCCCCCCN1C=CN(CCCCCCCCCCCCCC)C1CCCCCCCCCCCCC. The summed E-state index contributed by atoms with van der Waals surface area (Å²) in [6.07, 6.45) is 61.9. The van der Waals surface area contributed by atoms with Crippen molar-refractivity contribution in [2.45, 2.75) is 277 Å². The summed E-state index contributed by atoms with van der Waals surface area (Å²) >= 11 is 0. The highest BCUT2D eigenvalue weighted by atomic mass is 15.4. The predicted octanol–water partition coefficient (Wildman–Crippen LogP) is 16.7. The normalized spacial score (nSPS) is 14.6. The van der Waals surface area contributed by atoms with Crippen molar-refractivity contribution in [3.05, 3.63) is 12.4 Å². The Hall–Kier alpha value is -0.660. The van der Waals surface area contributed by atoms with Gasteiger partial charge in [-0.2, -0.15) is 0 Å². The van der Waals surface area contributed by atoms with Gasteiger partial charge in [0.2, 0.25) is 0 Å². The zero-order chi connectivity index (χ0) is 35.1. The van der Waals surface area contributed by atoms with Gasteiger partial charge in [-0.3, -0.25) is 0 Å². The van der Waals surface area contributed by atoms with Crippen LogP contribution in [0.2, 0.25) is 0 Å². The number of rotatable bonds is 41. The topological polar surface area (TPSA) is 6.48 Å². The van der Waals surface area contributed by atoms with Gasteiger partial charge in [0.05, 0.1) is 0 Å². The van der Waals surface area contributed by atoms with Crippen LogP contribution in [0.5, 0.6) is 0 Å². The molecule has 2 heteroatoms. The lowest BCUT2D eigenvalue weighted by atomic mass is 10.0. The molecule has 0 N–H and O–H groups in total. The van der Waals surface area contributed by atoms with Crippen LogP contribution in [0.3, 0.4) is 0 Å². The van der Waals surface area contributed by atoms with Gasteiger partial charge in [0, 0.05) is 25.5 Å². The van der Waals surface area contributed by atoms with Crippen LogP contribution in [0, 0.1) is 0 Å². The van der Waals surface area contributed by atoms with E-state index in [1.54, 1.807) is 0 Å². The Kier molecular flexibility index (Phi) is 36.5. The maximum Gasteiger partial charge on any atom is 0.101 e. The van der Waals surface area contributed by atoms with E-state index in [-0.39, 0.29) is 0 Å². The molecule has 292 valence electrons.